The predicted octanol–water partition coefficient (Wildman–Crippen LogP) is 2.39. The van der Waals surface area contributed by atoms with Crippen LogP contribution >= 0.6 is 0 Å². The summed E-state index contributed by atoms with van der Waals surface area (Å²) in [6.45, 7) is 6.33. The molecule has 0 fully saturated rings. The van der Waals surface area contributed by atoms with Crippen LogP contribution in [0.3, 0.4) is 0 Å². The van der Waals surface area contributed by atoms with Crippen LogP contribution in [0.15, 0.2) is 48.5 Å². The van der Waals surface area contributed by atoms with Crippen molar-refractivity contribution in [2.75, 3.05) is 13.1 Å². The van der Waals surface area contributed by atoms with Crippen LogP contribution in [0.5, 0.6) is 5.75 Å². The van der Waals surface area contributed by atoms with Crippen molar-refractivity contribution in [2.24, 2.45) is 5.92 Å². The molecular formula is C23H29N3O4. The Morgan fingerprint density at radius 1 is 0.933 bits per heavy atom. The van der Waals surface area contributed by atoms with Crippen molar-refractivity contribution < 1.29 is 19.5 Å². The molecule has 2 rings (SSSR count). The molecule has 0 spiro atoms. The molecule has 3 amide bonds. The second-order valence-electron chi connectivity index (χ2n) is 7.46. The first kappa shape index (κ1) is 22.9. The number of aromatic hydroxyl groups is 1. The Morgan fingerprint density at radius 2 is 1.63 bits per heavy atom. The molecule has 0 aliphatic rings. The van der Waals surface area contributed by atoms with E-state index in [-0.39, 0.29) is 29.4 Å². The number of carbonyl (C=O) groups excluding carboxylic acids is 3. The van der Waals surface area contributed by atoms with Gasteiger partial charge in [-0.3, -0.25) is 14.4 Å². The van der Waals surface area contributed by atoms with Gasteiger partial charge in [-0.05, 0) is 49.1 Å². The highest BCUT2D eigenvalue weighted by Crippen LogP contribution is 2.11. The number of aryl methyl sites for hydroxylation is 1. The van der Waals surface area contributed by atoms with Crippen LogP contribution in [-0.4, -0.2) is 42.0 Å². The third-order valence-electron chi connectivity index (χ3n) is 4.67. The average molecular weight is 412 g/mol. The molecule has 2 aromatic rings. The minimum atomic E-state index is -0.654. The lowest BCUT2D eigenvalue weighted by Gasteiger charge is -2.22. The summed E-state index contributed by atoms with van der Waals surface area (Å²) < 4.78 is 0. The van der Waals surface area contributed by atoms with Gasteiger partial charge < -0.3 is 21.1 Å². The minimum absolute atomic E-state index is 0.0300. The first-order valence-electron chi connectivity index (χ1n) is 10.0. The molecule has 0 aromatic heterocycles. The van der Waals surface area contributed by atoms with Crippen molar-refractivity contribution in [3.8, 4) is 5.75 Å². The summed E-state index contributed by atoms with van der Waals surface area (Å²) in [5.41, 5.74) is 1.77. The summed E-state index contributed by atoms with van der Waals surface area (Å²) in [4.78, 5) is 37.1. The predicted molar refractivity (Wildman–Crippen MR) is 115 cm³/mol. The quantitative estimate of drug-likeness (QED) is 0.475. The Kier molecular flexibility index (Phi) is 8.41. The molecule has 1 atom stereocenters. The zero-order valence-corrected chi connectivity index (χ0v) is 17.6. The van der Waals surface area contributed by atoms with Gasteiger partial charge in [0.1, 0.15) is 11.8 Å². The lowest BCUT2D eigenvalue weighted by Crippen LogP contribution is -2.50. The highest BCUT2D eigenvalue weighted by atomic mass is 16.3. The van der Waals surface area contributed by atoms with Gasteiger partial charge in [0.2, 0.25) is 5.91 Å². The molecule has 160 valence electrons. The first-order valence-corrected chi connectivity index (χ1v) is 10.0. The number of nitrogens with one attached hydrogen (secondary N) is 3. The Morgan fingerprint density at radius 3 is 2.30 bits per heavy atom. The maximum absolute atomic E-state index is 12.6. The molecule has 0 bridgehead atoms. The average Bonchev–Trinajstić information content (AvgIpc) is 2.71. The fraction of sp³-hybridized carbons (Fsp3) is 0.348. The monoisotopic (exact) mass is 411 g/mol. The SMILES string of the molecule is Cc1ccccc1C(=O)NC(C(=O)NCCCNC(=O)c1cccc(O)c1)C(C)C. The molecule has 0 aliphatic carbocycles. The fourth-order valence-electron chi connectivity index (χ4n) is 2.94. The number of hydrogen-bond donors (Lipinski definition) is 4. The van der Waals surface area contributed by atoms with E-state index in [1.807, 2.05) is 32.9 Å². The molecule has 2 aromatic carbocycles. The van der Waals surface area contributed by atoms with Crippen molar-refractivity contribution in [1.29, 1.82) is 0 Å². The second-order valence-corrected chi connectivity index (χ2v) is 7.46. The van der Waals surface area contributed by atoms with Gasteiger partial charge in [-0.25, -0.2) is 0 Å². The van der Waals surface area contributed by atoms with E-state index < -0.39 is 6.04 Å². The minimum Gasteiger partial charge on any atom is -0.508 e. The van der Waals surface area contributed by atoms with Gasteiger partial charge in [-0.1, -0.05) is 38.1 Å². The normalized spacial score (nSPS) is 11.6. The number of benzene rings is 2. The number of rotatable bonds is 9. The Labute approximate surface area is 176 Å². The zero-order chi connectivity index (χ0) is 22.1. The van der Waals surface area contributed by atoms with Gasteiger partial charge >= 0.3 is 0 Å². The van der Waals surface area contributed by atoms with E-state index >= 15 is 0 Å². The summed E-state index contributed by atoms with van der Waals surface area (Å²) in [6.07, 6.45) is 0.535. The van der Waals surface area contributed by atoms with Crippen LogP contribution < -0.4 is 16.0 Å². The van der Waals surface area contributed by atoms with Crippen LogP contribution in [0.4, 0.5) is 0 Å². The molecule has 7 nitrogen and oxygen atoms in total. The third-order valence-corrected chi connectivity index (χ3v) is 4.67. The standard InChI is InChI=1S/C23H29N3O4/c1-15(2)20(26-22(29)19-11-5-4-8-16(19)3)23(30)25-13-7-12-24-21(28)17-9-6-10-18(27)14-17/h4-6,8-11,14-15,20,27H,7,12-13H2,1-3H3,(H,24,28)(H,25,30)(H,26,29). The first-order chi connectivity index (χ1) is 14.3. The summed E-state index contributed by atoms with van der Waals surface area (Å²) >= 11 is 0. The van der Waals surface area contributed by atoms with Crippen molar-refractivity contribution in [1.82, 2.24) is 16.0 Å². The molecule has 0 radical (unpaired) electrons. The number of amides is 3. The van der Waals surface area contributed by atoms with E-state index in [9.17, 15) is 19.5 Å². The molecule has 4 N–H and O–H groups in total. The van der Waals surface area contributed by atoms with Crippen molar-refractivity contribution in [3.05, 3.63) is 65.2 Å². The highest BCUT2D eigenvalue weighted by Gasteiger charge is 2.24. The van der Waals surface area contributed by atoms with Crippen molar-refractivity contribution >= 4 is 17.7 Å². The maximum atomic E-state index is 12.6. The van der Waals surface area contributed by atoms with Gasteiger partial charge in [-0.2, -0.15) is 0 Å². The maximum Gasteiger partial charge on any atom is 0.252 e. The molecule has 0 heterocycles. The molecular weight excluding hydrogens is 382 g/mol. The van der Waals surface area contributed by atoms with Gasteiger partial charge in [0.15, 0.2) is 0 Å². The van der Waals surface area contributed by atoms with Gasteiger partial charge in [0.25, 0.3) is 11.8 Å². The van der Waals surface area contributed by atoms with Crippen LogP contribution in [0.25, 0.3) is 0 Å². The summed E-state index contributed by atoms with van der Waals surface area (Å²) in [6, 6.07) is 12.7. The van der Waals surface area contributed by atoms with Gasteiger partial charge in [0, 0.05) is 24.2 Å². The summed E-state index contributed by atoms with van der Waals surface area (Å²) in [7, 11) is 0. The second kappa shape index (κ2) is 11.0. The van der Waals surface area contributed by atoms with E-state index in [1.165, 1.54) is 12.1 Å². The topological polar surface area (TPSA) is 108 Å². The number of phenolic OH excluding ortho intramolecular Hbond substituents is 1. The zero-order valence-electron chi connectivity index (χ0n) is 17.6. The number of carbonyl (C=O) groups is 3. The molecule has 0 saturated carbocycles. The Balaban J connectivity index is 1.79. The van der Waals surface area contributed by atoms with Crippen LogP contribution in [-0.2, 0) is 4.79 Å². The Hall–Kier alpha value is -3.35. The lowest BCUT2D eigenvalue weighted by molar-refractivity contribution is -0.123. The van der Waals surface area contributed by atoms with Gasteiger partial charge in [0.05, 0.1) is 0 Å². The third kappa shape index (κ3) is 6.62. The van der Waals surface area contributed by atoms with Gasteiger partial charge in [-0.15, -0.1) is 0 Å². The summed E-state index contributed by atoms with van der Waals surface area (Å²) in [5, 5.41) is 17.8. The van der Waals surface area contributed by atoms with Crippen LogP contribution in [0, 0.1) is 12.8 Å². The van der Waals surface area contributed by atoms with Crippen molar-refractivity contribution in [3.63, 3.8) is 0 Å². The van der Waals surface area contributed by atoms with Crippen LogP contribution in [0.2, 0.25) is 0 Å². The van der Waals surface area contributed by atoms with E-state index in [2.05, 4.69) is 16.0 Å². The Bertz CT molecular complexity index is 896. The van der Waals surface area contributed by atoms with E-state index in [1.54, 1.807) is 24.3 Å². The molecule has 7 heteroatoms. The molecule has 30 heavy (non-hydrogen) atoms. The van der Waals surface area contributed by atoms with E-state index in [4.69, 9.17) is 0 Å². The molecule has 1 unspecified atom stereocenters. The lowest BCUT2D eigenvalue weighted by atomic mass is 10.0. The molecule has 0 saturated heterocycles. The van der Waals surface area contributed by atoms with Crippen molar-refractivity contribution in [2.45, 2.75) is 33.2 Å². The highest BCUT2D eigenvalue weighted by molar-refractivity contribution is 5.98. The number of hydrogen-bond acceptors (Lipinski definition) is 4. The number of phenols is 1. The summed E-state index contributed by atoms with van der Waals surface area (Å²) in [5.74, 6) is -0.875. The smallest absolute Gasteiger partial charge is 0.252 e. The largest absolute Gasteiger partial charge is 0.508 e. The van der Waals surface area contributed by atoms with Crippen LogP contribution in [0.1, 0.15) is 46.5 Å². The fourth-order valence-corrected chi connectivity index (χ4v) is 2.94. The van der Waals surface area contributed by atoms with E-state index in [0.717, 1.165) is 5.56 Å². The van der Waals surface area contributed by atoms with E-state index in [0.29, 0.717) is 30.6 Å². The molecule has 0 aliphatic heterocycles.